The molecule has 136 valence electrons. The summed E-state index contributed by atoms with van der Waals surface area (Å²) >= 11 is 0. The number of rotatable bonds is 4. The van der Waals surface area contributed by atoms with Crippen molar-refractivity contribution < 1.29 is 4.79 Å². The van der Waals surface area contributed by atoms with Crippen LogP contribution < -0.4 is 5.32 Å². The van der Waals surface area contributed by atoms with Gasteiger partial charge in [0, 0.05) is 36.8 Å². The van der Waals surface area contributed by atoms with Gasteiger partial charge in [-0.2, -0.15) is 0 Å². The normalized spacial score (nSPS) is 20.5. The average Bonchev–Trinajstić information content (AvgIpc) is 2.63. The van der Waals surface area contributed by atoms with Gasteiger partial charge in [0.25, 0.3) is 0 Å². The number of aryl methyl sites for hydroxylation is 1. The van der Waals surface area contributed by atoms with Gasteiger partial charge in [0.2, 0.25) is 11.9 Å². The molecule has 1 aliphatic carbocycles. The smallest absolute Gasteiger partial charge is 0.227 e. The van der Waals surface area contributed by atoms with Crippen LogP contribution in [0.3, 0.4) is 0 Å². The first kappa shape index (κ1) is 17.0. The van der Waals surface area contributed by atoms with E-state index < -0.39 is 0 Å². The molecule has 1 aromatic heterocycles. The molecule has 1 saturated heterocycles. The first-order chi connectivity index (χ1) is 12.7. The van der Waals surface area contributed by atoms with Crippen molar-refractivity contribution in [3.05, 3.63) is 47.8 Å². The molecule has 5 heteroatoms. The van der Waals surface area contributed by atoms with Gasteiger partial charge >= 0.3 is 0 Å². The maximum Gasteiger partial charge on any atom is 0.227 e. The van der Waals surface area contributed by atoms with Crippen molar-refractivity contribution in [1.29, 1.82) is 0 Å². The van der Waals surface area contributed by atoms with E-state index in [9.17, 15) is 4.79 Å². The Kier molecular flexibility index (Phi) is 4.87. The Labute approximate surface area is 154 Å². The van der Waals surface area contributed by atoms with Crippen molar-refractivity contribution in [2.24, 2.45) is 5.92 Å². The monoisotopic (exact) mass is 350 g/mol. The summed E-state index contributed by atoms with van der Waals surface area (Å²) in [5.41, 5.74) is 3.24. The van der Waals surface area contributed by atoms with Gasteiger partial charge in [-0.25, -0.2) is 9.97 Å². The number of benzene rings is 1. The van der Waals surface area contributed by atoms with Crippen LogP contribution in [0.25, 0.3) is 0 Å². The third-order valence-electron chi connectivity index (χ3n) is 5.59. The van der Waals surface area contributed by atoms with Crippen LogP contribution in [0.1, 0.15) is 49.3 Å². The van der Waals surface area contributed by atoms with Crippen molar-refractivity contribution in [2.45, 2.75) is 44.9 Å². The molecule has 1 N–H and O–H groups in total. The third kappa shape index (κ3) is 3.71. The van der Waals surface area contributed by atoms with Gasteiger partial charge < -0.3 is 10.2 Å². The van der Waals surface area contributed by atoms with Crippen molar-refractivity contribution in [2.75, 3.05) is 18.4 Å². The zero-order chi connectivity index (χ0) is 17.9. The first-order valence-corrected chi connectivity index (χ1v) is 9.64. The van der Waals surface area contributed by atoms with Crippen LogP contribution >= 0.6 is 0 Å². The summed E-state index contributed by atoms with van der Waals surface area (Å²) in [6, 6.07) is 10.2. The third-order valence-corrected chi connectivity index (χ3v) is 5.59. The molecule has 0 radical (unpaired) electrons. The fraction of sp³-hybridized carbons (Fsp3) is 0.476. The molecule has 1 aromatic carbocycles. The summed E-state index contributed by atoms with van der Waals surface area (Å²) in [5.74, 6) is 1.55. The molecule has 4 rings (SSSR count). The zero-order valence-electron chi connectivity index (χ0n) is 15.3. The summed E-state index contributed by atoms with van der Waals surface area (Å²) < 4.78 is 0. The Morgan fingerprint density at radius 3 is 2.65 bits per heavy atom. The molecule has 1 aliphatic heterocycles. The van der Waals surface area contributed by atoms with E-state index in [2.05, 4.69) is 34.3 Å². The van der Waals surface area contributed by atoms with Crippen molar-refractivity contribution in [3.63, 3.8) is 0 Å². The highest BCUT2D eigenvalue weighted by atomic mass is 16.2. The molecule has 5 nitrogen and oxygen atoms in total. The van der Waals surface area contributed by atoms with Gasteiger partial charge in [-0.1, -0.05) is 24.1 Å². The minimum atomic E-state index is 0.276. The molecule has 0 spiro atoms. The Morgan fingerprint density at radius 2 is 1.92 bits per heavy atom. The predicted octanol–water partition coefficient (Wildman–Crippen LogP) is 4.03. The fourth-order valence-electron chi connectivity index (χ4n) is 3.76. The number of likely N-dealkylation sites (tertiary alicyclic amines) is 1. The standard InChI is InChI=1S/C21H26N4O/c1-15-7-9-18(10-8-15)23-21-22-12-11-19(24-21)17-6-3-13-25(14-17)20(26)16-4-2-5-16/h7-12,16-17H,2-6,13-14H2,1H3,(H,22,23,24). The number of hydrogen-bond donors (Lipinski definition) is 1. The number of anilines is 2. The van der Waals surface area contributed by atoms with Crippen LogP contribution in [0.15, 0.2) is 36.5 Å². The maximum atomic E-state index is 12.6. The molecule has 1 amide bonds. The molecule has 2 aromatic rings. The predicted molar refractivity (Wildman–Crippen MR) is 102 cm³/mol. The summed E-state index contributed by atoms with van der Waals surface area (Å²) in [6.07, 6.45) is 7.28. The zero-order valence-corrected chi connectivity index (χ0v) is 15.3. The SMILES string of the molecule is Cc1ccc(Nc2nccc(C3CCCN(C(=O)C4CCC4)C3)n2)cc1. The molecule has 2 aliphatic rings. The molecular weight excluding hydrogens is 324 g/mol. The molecular formula is C21H26N4O. The van der Waals surface area contributed by atoms with E-state index in [0.29, 0.717) is 17.8 Å². The topological polar surface area (TPSA) is 58.1 Å². The molecule has 0 bridgehead atoms. The molecule has 1 saturated carbocycles. The van der Waals surface area contributed by atoms with Crippen LogP contribution in [0.5, 0.6) is 0 Å². The molecule has 2 fully saturated rings. The second kappa shape index (κ2) is 7.44. The van der Waals surface area contributed by atoms with Gasteiger partial charge in [0.15, 0.2) is 0 Å². The number of carbonyl (C=O) groups is 1. The van der Waals surface area contributed by atoms with Crippen LogP contribution in [0.4, 0.5) is 11.6 Å². The minimum Gasteiger partial charge on any atom is -0.342 e. The van der Waals surface area contributed by atoms with E-state index >= 15 is 0 Å². The summed E-state index contributed by atoms with van der Waals surface area (Å²) in [5, 5.41) is 3.28. The van der Waals surface area contributed by atoms with Gasteiger partial charge in [-0.05, 0) is 50.8 Å². The van der Waals surface area contributed by atoms with E-state index in [4.69, 9.17) is 4.98 Å². The lowest BCUT2D eigenvalue weighted by Gasteiger charge is -2.37. The number of carbonyl (C=O) groups excluding carboxylic acids is 1. The highest BCUT2D eigenvalue weighted by Crippen LogP contribution is 2.32. The van der Waals surface area contributed by atoms with Crippen molar-refractivity contribution in [1.82, 2.24) is 14.9 Å². The lowest BCUT2D eigenvalue weighted by molar-refractivity contribution is -0.139. The first-order valence-electron chi connectivity index (χ1n) is 9.64. The summed E-state index contributed by atoms with van der Waals surface area (Å²) in [6.45, 7) is 3.75. The highest BCUT2D eigenvalue weighted by molar-refractivity contribution is 5.79. The fourth-order valence-corrected chi connectivity index (χ4v) is 3.76. The van der Waals surface area contributed by atoms with Crippen LogP contribution in [-0.2, 0) is 4.79 Å². The largest absolute Gasteiger partial charge is 0.342 e. The van der Waals surface area contributed by atoms with Gasteiger partial charge in [0.1, 0.15) is 0 Å². The van der Waals surface area contributed by atoms with Crippen LogP contribution in [-0.4, -0.2) is 33.9 Å². The van der Waals surface area contributed by atoms with E-state index in [0.717, 1.165) is 50.2 Å². The molecule has 2 heterocycles. The number of hydrogen-bond acceptors (Lipinski definition) is 4. The molecule has 1 unspecified atom stereocenters. The van der Waals surface area contributed by atoms with E-state index in [1.165, 1.54) is 12.0 Å². The Bertz CT molecular complexity index is 770. The Balaban J connectivity index is 1.45. The van der Waals surface area contributed by atoms with E-state index in [1.807, 2.05) is 24.4 Å². The Hall–Kier alpha value is -2.43. The van der Waals surface area contributed by atoms with Crippen LogP contribution in [0.2, 0.25) is 0 Å². The van der Waals surface area contributed by atoms with E-state index in [1.54, 1.807) is 0 Å². The van der Waals surface area contributed by atoms with Gasteiger partial charge in [-0.15, -0.1) is 0 Å². The second-order valence-corrected chi connectivity index (χ2v) is 7.55. The molecule has 26 heavy (non-hydrogen) atoms. The summed E-state index contributed by atoms with van der Waals surface area (Å²) in [7, 11) is 0. The average molecular weight is 350 g/mol. The van der Waals surface area contributed by atoms with Crippen LogP contribution in [0, 0.1) is 12.8 Å². The highest BCUT2D eigenvalue weighted by Gasteiger charge is 2.32. The van der Waals surface area contributed by atoms with Gasteiger partial charge in [0.05, 0.1) is 5.69 Å². The molecule has 1 atom stereocenters. The number of piperidine rings is 1. The number of aromatic nitrogens is 2. The second-order valence-electron chi connectivity index (χ2n) is 7.55. The summed E-state index contributed by atoms with van der Waals surface area (Å²) in [4.78, 5) is 23.7. The van der Waals surface area contributed by atoms with E-state index in [-0.39, 0.29) is 5.92 Å². The van der Waals surface area contributed by atoms with Crippen molar-refractivity contribution >= 4 is 17.5 Å². The van der Waals surface area contributed by atoms with Crippen molar-refractivity contribution in [3.8, 4) is 0 Å². The lowest BCUT2D eigenvalue weighted by Crippen LogP contribution is -2.44. The van der Waals surface area contributed by atoms with Gasteiger partial charge in [-0.3, -0.25) is 4.79 Å². The minimum absolute atomic E-state index is 0.276. The number of amides is 1. The number of nitrogens with one attached hydrogen (secondary N) is 1. The number of nitrogens with zero attached hydrogens (tertiary/aromatic N) is 3. The lowest BCUT2D eigenvalue weighted by atomic mass is 9.83. The maximum absolute atomic E-state index is 12.6. The quantitative estimate of drug-likeness (QED) is 0.904. The Morgan fingerprint density at radius 1 is 1.12 bits per heavy atom.